The van der Waals surface area contributed by atoms with Crippen LogP contribution < -0.4 is 0 Å². The van der Waals surface area contributed by atoms with Crippen molar-refractivity contribution in [3.05, 3.63) is 20.9 Å². The van der Waals surface area contributed by atoms with E-state index in [0.717, 1.165) is 0 Å². The lowest BCUT2D eigenvalue weighted by Crippen LogP contribution is -2.30. The summed E-state index contributed by atoms with van der Waals surface area (Å²) in [5.41, 5.74) is 15.9. The molecular weight excluding hydrogens is 280 g/mol. The third kappa shape index (κ3) is 11.9. The Balaban J connectivity index is 3.82. The summed E-state index contributed by atoms with van der Waals surface area (Å²) in [6.07, 6.45) is -1.66. The third-order valence-electron chi connectivity index (χ3n) is 2.32. The molecule has 0 radical (unpaired) electrons. The summed E-state index contributed by atoms with van der Waals surface area (Å²) < 4.78 is 10.7. The van der Waals surface area contributed by atoms with E-state index in [-0.39, 0.29) is 31.7 Å². The fraction of sp³-hybridized carbons (Fsp3) is 1.00. The van der Waals surface area contributed by atoms with E-state index in [1.165, 1.54) is 0 Å². The molecule has 0 aliphatic heterocycles. The summed E-state index contributed by atoms with van der Waals surface area (Å²) in [4.78, 5) is 5.09. The lowest BCUT2D eigenvalue weighted by atomic mass is 9.96. The molecule has 0 aromatic heterocycles. The normalized spacial score (nSPS) is 13.9. The molecule has 120 valence electrons. The minimum Gasteiger partial charge on any atom is -0.391 e. The van der Waals surface area contributed by atoms with E-state index in [1.54, 1.807) is 0 Å². The first-order chi connectivity index (χ1) is 9.91. The average molecular weight is 302 g/mol. The first-order valence-corrected chi connectivity index (χ1v) is 6.44. The Bertz CT molecular complexity index is 345. The Labute approximate surface area is 122 Å². The van der Waals surface area contributed by atoms with Crippen molar-refractivity contribution in [2.75, 3.05) is 39.5 Å². The van der Waals surface area contributed by atoms with Crippen molar-refractivity contribution in [1.82, 2.24) is 0 Å². The van der Waals surface area contributed by atoms with Gasteiger partial charge in [-0.15, -0.1) is 0 Å². The molecule has 0 amide bonds. The van der Waals surface area contributed by atoms with Crippen LogP contribution in [0.25, 0.3) is 20.9 Å². The van der Waals surface area contributed by atoms with Crippen LogP contribution in [0.5, 0.6) is 0 Å². The van der Waals surface area contributed by atoms with Crippen LogP contribution >= 0.6 is 0 Å². The highest BCUT2D eigenvalue weighted by Crippen LogP contribution is 2.16. The molecule has 21 heavy (non-hydrogen) atoms. The first-order valence-electron chi connectivity index (χ1n) is 6.44. The van der Waals surface area contributed by atoms with Crippen LogP contribution in [0.15, 0.2) is 10.2 Å². The molecule has 0 aliphatic carbocycles. The fourth-order valence-electron chi connectivity index (χ4n) is 1.35. The second kappa shape index (κ2) is 11.2. The van der Waals surface area contributed by atoms with Crippen molar-refractivity contribution < 1.29 is 19.7 Å². The molecule has 0 bridgehead atoms. The molecule has 2 N–H and O–H groups in total. The lowest BCUT2D eigenvalue weighted by molar-refractivity contribution is -0.0429. The van der Waals surface area contributed by atoms with E-state index in [1.807, 2.05) is 13.8 Å². The quantitative estimate of drug-likeness (QED) is 0.317. The fourth-order valence-corrected chi connectivity index (χ4v) is 1.35. The highest BCUT2D eigenvalue weighted by Gasteiger charge is 2.20. The summed E-state index contributed by atoms with van der Waals surface area (Å²) in [5, 5.41) is 25.3. The van der Waals surface area contributed by atoms with Gasteiger partial charge in [-0.3, -0.25) is 0 Å². The highest BCUT2D eigenvalue weighted by atomic mass is 16.5. The number of hydrogen-bond donors (Lipinski definition) is 2. The summed E-state index contributed by atoms with van der Waals surface area (Å²) >= 11 is 0. The van der Waals surface area contributed by atoms with E-state index in [4.69, 9.17) is 20.5 Å². The van der Waals surface area contributed by atoms with Crippen molar-refractivity contribution >= 4 is 0 Å². The largest absolute Gasteiger partial charge is 0.391 e. The zero-order valence-electron chi connectivity index (χ0n) is 12.3. The van der Waals surface area contributed by atoms with Gasteiger partial charge in [0.2, 0.25) is 0 Å². The smallest absolute Gasteiger partial charge is 0.0829 e. The molecule has 0 spiro atoms. The van der Waals surface area contributed by atoms with Gasteiger partial charge in [-0.2, -0.15) is 0 Å². The molecule has 0 rings (SSSR count). The maximum absolute atomic E-state index is 9.41. The number of rotatable bonds is 12. The maximum atomic E-state index is 9.41. The molecule has 2 atom stereocenters. The molecule has 0 saturated carbocycles. The highest BCUT2D eigenvalue weighted by molar-refractivity contribution is 4.69. The van der Waals surface area contributed by atoms with Gasteiger partial charge >= 0.3 is 0 Å². The molecule has 0 aromatic rings. The van der Waals surface area contributed by atoms with Crippen LogP contribution in [0, 0.1) is 5.41 Å². The predicted octanol–water partition coefficient (Wildman–Crippen LogP) is 1.39. The van der Waals surface area contributed by atoms with Crippen molar-refractivity contribution in [3.63, 3.8) is 0 Å². The van der Waals surface area contributed by atoms with Crippen LogP contribution in [0.4, 0.5) is 0 Å². The van der Waals surface area contributed by atoms with E-state index in [0.29, 0.717) is 13.2 Å². The summed E-state index contributed by atoms with van der Waals surface area (Å²) in [6.45, 7) is 4.58. The van der Waals surface area contributed by atoms with Gasteiger partial charge < -0.3 is 19.7 Å². The molecule has 2 unspecified atom stereocenters. The Hall–Kier alpha value is -1.54. The molecule has 10 heteroatoms. The van der Waals surface area contributed by atoms with Gasteiger partial charge in [-0.05, 0) is 11.1 Å². The zero-order valence-corrected chi connectivity index (χ0v) is 12.3. The second-order valence-electron chi connectivity index (χ2n) is 5.33. The number of azide groups is 2. The summed E-state index contributed by atoms with van der Waals surface area (Å²) in [7, 11) is 0. The zero-order chi connectivity index (χ0) is 16.1. The van der Waals surface area contributed by atoms with Gasteiger partial charge in [0.1, 0.15) is 0 Å². The molecule has 0 saturated heterocycles. The maximum Gasteiger partial charge on any atom is 0.0829 e. The number of aliphatic hydroxyl groups excluding tert-OH is 2. The standard InChI is InChI=1S/C11H22N6O4/c1-11(2,7-20-5-9(18)3-14-16-12)8-21-6-10(19)4-15-17-13/h9-10,18-19H,3-8H2,1-2H3. The number of ether oxygens (including phenoxy) is 2. The summed E-state index contributed by atoms with van der Waals surface area (Å²) in [5.74, 6) is 0. The molecule has 0 fully saturated rings. The SMILES string of the molecule is CC(C)(COCC(O)CN=[N+]=[N-])COCC(O)CN=[N+]=[N-]. The van der Waals surface area contributed by atoms with Crippen LogP contribution in [0.2, 0.25) is 0 Å². The minimum absolute atomic E-state index is 0.0287. The molecule has 10 nitrogen and oxygen atoms in total. The average Bonchev–Trinajstić information content (AvgIpc) is 2.42. The van der Waals surface area contributed by atoms with Crippen LogP contribution in [0.1, 0.15) is 13.8 Å². The lowest BCUT2D eigenvalue weighted by Gasteiger charge is -2.25. The van der Waals surface area contributed by atoms with Crippen molar-refractivity contribution in [2.24, 2.45) is 15.6 Å². The van der Waals surface area contributed by atoms with Crippen LogP contribution in [-0.2, 0) is 9.47 Å². The van der Waals surface area contributed by atoms with Crippen molar-refractivity contribution in [2.45, 2.75) is 26.1 Å². The van der Waals surface area contributed by atoms with Gasteiger partial charge in [0.25, 0.3) is 0 Å². The van der Waals surface area contributed by atoms with E-state index >= 15 is 0 Å². The van der Waals surface area contributed by atoms with Gasteiger partial charge in [0, 0.05) is 15.2 Å². The molecule has 0 aliphatic rings. The van der Waals surface area contributed by atoms with Crippen molar-refractivity contribution in [1.29, 1.82) is 0 Å². The van der Waals surface area contributed by atoms with E-state index in [9.17, 15) is 10.2 Å². The topological polar surface area (TPSA) is 156 Å². The minimum atomic E-state index is -0.830. The Kier molecular flexibility index (Phi) is 10.3. The summed E-state index contributed by atoms with van der Waals surface area (Å²) in [6, 6.07) is 0. The molecular formula is C11H22N6O4. The van der Waals surface area contributed by atoms with Crippen LogP contribution in [-0.4, -0.2) is 61.9 Å². The third-order valence-corrected chi connectivity index (χ3v) is 2.32. The van der Waals surface area contributed by atoms with Crippen molar-refractivity contribution in [3.8, 4) is 0 Å². The predicted molar refractivity (Wildman–Crippen MR) is 75.5 cm³/mol. The second-order valence-corrected chi connectivity index (χ2v) is 5.33. The number of hydrogen-bond acceptors (Lipinski definition) is 6. The molecule has 0 aromatic carbocycles. The monoisotopic (exact) mass is 302 g/mol. The Morgan fingerprint density at radius 3 is 1.67 bits per heavy atom. The van der Waals surface area contributed by atoms with Gasteiger partial charge in [-0.25, -0.2) is 0 Å². The number of nitrogens with zero attached hydrogens (tertiary/aromatic N) is 6. The number of aliphatic hydroxyl groups is 2. The Morgan fingerprint density at radius 2 is 1.33 bits per heavy atom. The van der Waals surface area contributed by atoms with E-state index < -0.39 is 12.2 Å². The van der Waals surface area contributed by atoms with Crippen LogP contribution in [0.3, 0.4) is 0 Å². The Morgan fingerprint density at radius 1 is 0.952 bits per heavy atom. The van der Waals surface area contributed by atoms with Gasteiger partial charge in [0.05, 0.1) is 51.7 Å². The van der Waals surface area contributed by atoms with E-state index in [2.05, 4.69) is 20.1 Å². The molecule has 0 heterocycles. The van der Waals surface area contributed by atoms with Gasteiger partial charge in [0.15, 0.2) is 0 Å². The first kappa shape index (κ1) is 19.5. The van der Waals surface area contributed by atoms with Gasteiger partial charge in [-0.1, -0.05) is 24.1 Å².